The van der Waals surface area contributed by atoms with Crippen molar-refractivity contribution in [3.8, 4) is 0 Å². The van der Waals surface area contributed by atoms with E-state index in [4.69, 9.17) is 5.73 Å². The van der Waals surface area contributed by atoms with Crippen molar-refractivity contribution < 1.29 is 9.59 Å². The summed E-state index contributed by atoms with van der Waals surface area (Å²) in [4.78, 5) is 23.9. The number of nitrogens with two attached hydrogens (primary N) is 1. The Labute approximate surface area is 167 Å². The molecule has 0 bridgehead atoms. The quantitative estimate of drug-likeness (QED) is 0.608. The fraction of sp³-hybridized carbons (Fsp3) is 0.391. The molecule has 4 N–H and O–H groups in total. The Morgan fingerprint density at radius 1 is 0.964 bits per heavy atom. The van der Waals surface area contributed by atoms with Gasteiger partial charge in [0.05, 0.1) is 17.8 Å². The summed E-state index contributed by atoms with van der Waals surface area (Å²) in [6.07, 6.45) is 1.11. The molecule has 28 heavy (non-hydrogen) atoms. The normalized spacial score (nSPS) is 13.2. The number of amides is 2. The molecule has 2 amide bonds. The lowest BCUT2D eigenvalue weighted by atomic mass is 9.92. The molecule has 2 rings (SSSR count). The Bertz CT molecular complexity index is 800. The largest absolute Gasteiger partial charge is 0.366 e. The van der Waals surface area contributed by atoms with Gasteiger partial charge in [-0.3, -0.25) is 9.59 Å². The van der Waals surface area contributed by atoms with Crippen LogP contribution in [0.2, 0.25) is 0 Å². The Balaban J connectivity index is 2.03. The van der Waals surface area contributed by atoms with Crippen LogP contribution in [0.1, 0.15) is 67.6 Å². The maximum atomic E-state index is 12.4. The highest BCUT2D eigenvalue weighted by atomic mass is 16.2. The van der Waals surface area contributed by atoms with Crippen molar-refractivity contribution in [2.75, 3.05) is 11.9 Å². The van der Waals surface area contributed by atoms with E-state index in [2.05, 4.69) is 62.6 Å². The molecule has 0 saturated carbocycles. The number of hydrogen-bond donors (Lipinski definition) is 3. The summed E-state index contributed by atoms with van der Waals surface area (Å²) in [7, 11) is 0. The van der Waals surface area contributed by atoms with Crippen molar-refractivity contribution >= 4 is 17.5 Å². The number of primary amides is 1. The number of carbonyl (C=O) groups excluding carboxylic acids is 2. The van der Waals surface area contributed by atoms with Crippen LogP contribution in [0.25, 0.3) is 0 Å². The molecule has 2 atom stereocenters. The molecule has 0 heterocycles. The first-order valence-corrected chi connectivity index (χ1v) is 9.85. The maximum Gasteiger partial charge on any atom is 0.250 e. The molecule has 0 saturated heterocycles. The van der Waals surface area contributed by atoms with E-state index < -0.39 is 5.91 Å². The molecule has 2 aromatic rings. The van der Waals surface area contributed by atoms with Gasteiger partial charge in [0.1, 0.15) is 0 Å². The molecule has 150 valence electrons. The molecule has 2 aromatic carbocycles. The van der Waals surface area contributed by atoms with Crippen molar-refractivity contribution in [1.82, 2.24) is 5.32 Å². The number of rotatable bonds is 9. The Morgan fingerprint density at radius 2 is 1.57 bits per heavy atom. The monoisotopic (exact) mass is 381 g/mol. The van der Waals surface area contributed by atoms with Crippen molar-refractivity contribution in [2.45, 2.75) is 46.1 Å². The molecule has 0 radical (unpaired) electrons. The summed E-state index contributed by atoms with van der Waals surface area (Å²) in [5, 5.41) is 6.11. The summed E-state index contributed by atoms with van der Waals surface area (Å²) in [5.41, 5.74) is 8.59. The molecular weight excluding hydrogens is 350 g/mol. The second kappa shape index (κ2) is 10.0. The van der Waals surface area contributed by atoms with Gasteiger partial charge in [-0.2, -0.15) is 0 Å². The first kappa shape index (κ1) is 21.6. The van der Waals surface area contributed by atoms with Crippen LogP contribution in [0.15, 0.2) is 48.5 Å². The smallest absolute Gasteiger partial charge is 0.250 e. The summed E-state index contributed by atoms with van der Waals surface area (Å²) >= 11 is 0. The molecule has 2 unspecified atom stereocenters. The van der Waals surface area contributed by atoms with Gasteiger partial charge in [-0.05, 0) is 41.5 Å². The average Bonchev–Trinajstić information content (AvgIpc) is 2.68. The lowest BCUT2D eigenvalue weighted by Gasteiger charge is -2.23. The van der Waals surface area contributed by atoms with Gasteiger partial charge in [-0.15, -0.1) is 0 Å². The fourth-order valence-corrected chi connectivity index (χ4v) is 3.21. The van der Waals surface area contributed by atoms with Gasteiger partial charge in [0.15, 0.2) is 0 Å². The van der Waals surface area contributed by atoms with Gasteiger partial charge in [0.2, 0.25) is 5.91 Å². The number of anilines is 1. The minimum atomic E-state index is -0.565. The third-order valence-corrected chi connectivity index (χ3v) is 5.09. The molecule has 5 heteroatoms. The topological polar surface area (TPSA) is 84.2 Å². The Hall–Kier alpha value is -2.66. The highest BCUT2D eigenvalue weighted by molar-refractivity contribution is 6.03. The summed E-state index contributed by atoms with van der Waals surface area (Å²) in [5.74, 6) is 0.0802. The van der Waals surface area contributed by atoms with Crippen LogP contribution in [0, 0.1) is 5.92 Å². The second-order valence-corrected chi connectivity index (χ2v) is 7.54. The summed E-state index contributed by atoms with van der Waals surface area (Å²) in [6, 6.07) is 15.4. The molecule has 5 nitrogen and oxygen atoms in total. The Morgan fingerprint density at radius 3 is 2.14 bits per heavy atom. The second-order valence-electron chi connectivity index (χ2n) is 7.54. The van der Waals surface area contributed by atoms with Crippen LogP contribution in [-0.4, -0.2) is 18.4 Å². The number of para-hydroxylation sites is 1. The summed E-state index contributed by atoms with van der Waals surface area (Å²) in [6.45, 7) is 8.80. The van der Waals surface area contributed by atoms with Crippen LogP contribution in [0.5, 0.6) is 0 Å². The molecule has 0 aliphatic rings. The number of nitrogens with one attached hydrogen (secondary N) is 2. The zero-order valence-electron chi connectivity index (χ0n) is 17.2. The molecule has 0 fully saturated rings. The van der Waals surface area contributed by atoms with Crippen LogP contribution in [0.4, 0.5) is 5.69 Å². The first-order chi connectivity index (χ1) is 13.3. The highest BCUT2D eigenvalue weighted by Gasteiger charge is 2.18. The fourth-order valence-electron chi connectivity index (χ4n) is 3.21. The van der Waals surface area contributed by atoms with E-state index in [1.54, 1.807) is 24.3 Å². The van der Waals surface area contributed by atoms with E-state index >= 15 is 0 Å². The lowest BCUT2D eigenvalue weighted by Crippen LogP contribution is -2.34. The maximum absolute atomic E-state index is 12.4. The molecule has 0 spiro atoms. The lowest BCUT2D eigenvalue weighted by molar-refractivity contribution is -0.115. The van der Waals surface area contributed by atoms with Crippen LogP contribution >= 0.6 is 0 Å². The average molecular weight is 382 g/mol. The van der Waals surface area contributed by atoms with E-state index in [0.717, 1.165) is 12.0 Å². The molecule has 0 aliphatic carbocycles. The van der Waals surface area contributed by atoms with Crippen LogP contribution in [0.3, 0.4) is 0 Å². The van der Waals surface area contributed by atoms with Crippen molar-refractivity contribution in [3.63, 3.8) is 0 Å². The van der Waals surface area contributed by atoms with Crippen molar-refractivity contribution in [1.29, 1.82) is 0 Å². The van der Waals surface area contributed by atoms with E-state index in [1.165, 1.54) is 5.56 Å². The van der Waals surface area contributed by atoms with E-state index in [9.17, 15) is 9.59 Å². The zero-order chi connectivity index (χ0) is 20.7. The van der Waals surface area contributed by atoms with Gasteiger partial charge in [0, 0.05) is 6.04 Å². The van der Waals surface area contributed by atoms with E-state index in [1.807, 2.05) is 0 Å². The number of carbonyl (C=O) groups is 2. The number of benzene rings is 2. The minimum absolute atomic E-state index is 0.0584. The predicted molar refractivity (Wildman–Crippen MR) is 114 cm³/mol. The zero-order valence-corrected chi connectivity index (χ0v) is 17.2. The third kappa shape index (κ3) is 5.67. The predicted octanol–water partition coefficient (Wildman–Crippen LogP) is 4.22. The standard InChI is InChI=1S/C23H31N3O2/c1-5-16(4)17-10-12-18(13-11-17)22(15(2)3)25-14-21(27)26-20-9-7-6-8-19(20)23(24)28/h6-13,15-16,22,25H,5,14H2,1-4H3,(H2,24,28)(H,26,27). The van der Waals surface area contributed by atoms with E-state index in [-0.39, 0.29) is 18.5 Å². The van der Waals surface area contributed by atoms with Gasteiger partial charge >= 0.3 is 0 Å². The summed E-state index contributed by atoms with van der Waals surface area (Å²) < 4.78 is 0. The molecule has 0 aromatic heterocycles. The Kier molecular flexibility index (Phi) is 7.76. The van der Waals surface area contributed by atoms with Crippen LogP contribution < -0.4 is 16.4 Å². The van der Waals surface area contributed by atoms with E-state index in [0.29, 0.717) is 23.1 Å². The van der Waals surface area contributed by atoms with Crippen LogP contribution in [-0.2, 0) is 4.79 Å². The van der Waals surface area contributed by atoms with Crippen molar-refractivity contribution in [3.05, 3.63) is 65.2 Å². The van der Waals surface area contributed by atoms with Gasteiger partial charge in [-0.25, -0.2) is 0 Å². The van der Waals surface area contributed by atoms with Gasteiger partial charge < -0.3 is 16.4 Å². The SMILES string of the molecule is CCC(C)c1ccc(C(NCC(=O)Nc2ccccc2C(N)=O)C(C)C)cc1. The van der Waals surface area contributed by atoms with Gasteiger partial charge in [0.25, 0.3) is 5.91 Å². The minimum Gasteiger partial charge on any atom is -0.366 e. The van der Waals surface area contributed by atoms with Gasteiger partial charge in [-0.1, -0.05) is 64.1 Å². The van der Waals surface area contributed by atoms with Crippen molar-refractivity contribution in [2.24, 2.45) is 11.7 Å². The number of hydrogen-bond acceptors (Lipinski definition) is 3. The third-order valence-electron chi connectivity index (χ3n) is 5.09. The highest BCUT2D eigenvalue weighted by Crippen LogP contribution is 2.25. The molecule has 0 aliphatic heterocycles. The molecular formula is C23H31N3O2. The first-order valence-electron chi connectivity index (χ1n) is 9.85.